The molecule has 0 saturated heterocycles. The Bertz CT molecular complexity index is 380. The molecule has 81 valence electrons. The molecule has 0 aromatic heterocycles. The average Bonchev–Trinajstić information content (AvgIpc) is 2.31. The van der Waals surface area contributed by atoms with Crippen molar-refractivity contribution in [3.05, 3.63) is 78.7 Å². The molecular formula is C15H15O. The van der Waals surface area contributed by atoms with Crippen LogP contribution in [0, 0.1) is 6.92 Å². The minimum Gasteiger partial charge on any atom is -0.392 e. The van der Waals surface area contributed by atoms with Crippen molar-refractivity contribution in [1.82, 2.24) is 0 Å². The smallest absolute Gasteiger partial charge is 0.0650 e. The van der Waals surface area contributed by atoms with Gasteiger partial charge in [0.05, 0.1) is 6.10 Å². The highest BCUT2D eigenvalue weighted by Crippen LogP contribution is 2.27. The lowest BCUT2D eigenvalue weighted by Crippen LogP contribution is -2.16. The normalized spacial score (nSPS) is 12.7. The van der Waals surface area contributed by atoms with Crippen molar-refractivity contribution in [1.29, 1.82) is 0 Å². The van der Waals surface area contributed by atoms with Gasteiger partial charge in [-0.15, -0.1) is 0 Å². The van der Waals surface area contributed by atoms with E-state index in [4.69, 9.17) is 0 Å². The van der Waals surface area contributed by atoms with Gasteiger partial charge in [-0.05, 0) is 18.1 Å². The van der Waals surface area contributed by atoms with Crippen LogP contribution in [0.2, 0.25) is 0 Å². The summed E-state index contributed by atoms with van der Waals surface area (Å²) in [5.41, 5.74) is 2.19. The Morgan fingerprint density at radius 2 is 1.12 bits per heavy atom. The van der Waals surface area contributed by atoms with Gasteiger partial charge in [-0.1, -0.05) is 60.7 Å². The first-order valence-electron chi connectivity index (χ1n) is 5.40. The van der Waals surface area contributed by atoms with E-state index < -0.39 is 6.10 Å². The van der Waals surface area contributed by atoms with Gasteiger partial charge in [-0.2, -0.15) is 0 Å². The van der Waals surface area contributed by atoms with Crippen molar-refractivity contribution >= 4 is 0 Å². The third-order valence-electron chi connectivity index (χ3n) is 2.70. The van der Waals surface area contributed by atoms with Crippen LogP contribution in [0.1, 0.15) is 17.0 Å². The molecule has 0 heterocycles. The van der Waals surface area contributed by atoms with Gasteiger partial charge in [-0.3, -0.25) is 0 Å². The quantitative estimate of drug-likeness (QED) is 0.827. The predicted molar refractivity (Wildman–Crippen MR) is 66.1 cm³/mol. The molecule has 1 nitrogen and oxygen atoms in total. The summed E-state index contributed by atoms with van der Waals surface area (Å²) in [4.78, 5) is 0. The van der Waals surface area contributed by atoms with E-state index >= 15 is 0 Å². The number of rotatable bonds is 3. The van der Waals surface area contributed by atoms with Crippen molar-refractivity contribution in [3.63, 3.8) is 0 Å². The van der Waals surface area contributed by atoms with Crippen molar-refractivity contribution in [2.75, 3.05) is 0 Å². The van der Waals surface area contributed by atoms with Crippen LogP contribution >= 0.6 is 0 Å². The Morgan fingerprint density at radius 3 is 1.44 bits per heavy atom. The van der Waals surface area contributed by atoms with Gasteiger partial charge < -0.3 is 5.11 Å². The Hall–Kier alpha value is -1.60. The second-order valence-corrected chi connectivity index (χ2v) is 3.87. The highest BCUT2D eigenvalue weighted by Gasteiger charge is 2.18. The zero-order valence-electron chi connectivity index (χ0n) is 9.08. The molecule has 16 heavy (non-hydrogen) atoms. The maximum Gasteiger partial charge on any atom is 0.0650 e. The molecule has 1 heteroatoms. The van der Waals surface area contributed by atoms with Crippen molar-refractivity contribution < 1.29 is 5.11 Å². The van der Waals surface area contributed by atoms with E-state index in [2.05, 4.69) is 6.92 Å². The SMILES string of the molecule is [CH2]C(O)C(c1ccccc1)c1ccccc1. The average molecular weight is 211 g/mol. The molecule has 0 saturated carbocycles. The summed E-state index contributed by atoms with van der Waals surface area (Å²) in [6, 6.07) is 19.9. The summed E-state index contributed by atoms with van der Waals surface area (Å²) >= 11 is 0. The molecule has 2 aromatic carbocycles. The second kappa shape index (κ2) is 4.95. The monoisotopic (exact) mass is 211 g/mol. The Kier molecular flexibility index (Phi) is 3.37. The summed E-state index contributed by atoms with van der Waals surface area (Å²) in [7, 11) is 0. The molecule has 2 aromatic rings. The molecule has 1 radical (unpaired) electrons. The molecule has 2 rings (SSSR count). The number of aliphatic hydroxyl groups is 1. The summed E-state index contributed by atoms with van der Waals surface area (Å²) in [5.74, 6) is -0.0533. The maximum absolute atomic E-state index is 9.81. The molecule has 0 fully saturated rings. The van der Waals surface area contributed by atoms with E-state index in [1.165, 1.54) is 0 Å². The third-order valence-corrected chi connectivity index (χ3v) is 2.70. The van der Waals surface area contributed by atoms with Gasteiger partial charge in [0.25, 0.3) is 0 Å². The summed E-state index contributed by atoms with van der Waals surface area (Å²) in [6.45, 7) is 3.75. The van der Waals surface area contributed by atoms with E-state index in [9.17, 15) is 5.11 Å². The number of hydrogen-bond acceptors (Lipinski definition) is 1. The van der Waals surface area contributed by atoms with Crippen LogP contribution < -0.4 is 0 Å². The fourth-order valence-corrected chi connectivity index (χ4v) is 1.96. The fourth-order valence-electron chi connectivity index (χ4n) is 1.96. The highest BCUT2D eigenvalue weighted by atomic mass is 16.3. The lowest BCUT2D eigenvalue weighted by atomic mass is 9.87. The number of hydrogen-bond donors (Lipinski definition) is 1. The van der Waals surface area contributed by atoms with Crippen LogP contribution in [0.4, 0.5) is 0 Å². The predicted octanol–water partition coefficient (Wildman–Crippen LogP) is 3.01. The molecule has 0 bridgehead atoms. The van der Waals surface area contributed by atoms with E-state index in [1.807, 2.05) is 60.7 Å². The van der Waals surface area contributed by atoms with Gasteiger partial charge in [0.2, 0.25) is 0 Å². The molecule has 0 aliphatic heterocycles. The van der Waals surface area contributed by atoms with Crippen LogP contribution in [0.15, 0.2) is 60.7 Å². The van der Waals surface area contributed by atoms with Gasteiger partial charge in [0.1, 0.15) is 0 Å². The van der Waals surface area contributed by atoms with Crippen LogP contribution in [-0.2, 0) is 0 Å². The molecule has 0 aliphatic carbocycles. The lowest BCUT2D eigenvalue weighted by molar-refractivity contribution is 0.202. The van der Waals surface area contributed by atoms with Crippen LogP contribution in [0.25, 0.3) is 0 Å². The molecule has 0 amide bonds. The van der Waals surface area contributed by atoms with Crippen molar-refractivity contribution in [2.24, 2.45) is 0 Å². The van der Waals surface area contributed by atoms with Crippen molar-refractivity contribution in [3.8, 4) is 0 Å². The minimum absolute atomic E-state index is 0.0533. The third kappa shape index (κ3) is 2.31. The highest BCUT2D eigenvalue weighted by molar-refractivity contribution is 5.33. The Balaban J connectivity index is 2.40. The van der Waals surface area contributed by atoms with E-state index in [1.54, 1.807) is 0 Å². The Morgan fingerprint density at radius 1 is 0.750 bits per heavy atom. The van der Waals surface area contributed by atoms with Crippen LogP contribution in [0.5, 0.6) is 0 Å². The molecule has 1 unspecified atom stereocenters. The first-order valence-corrected chi connectivity index (χ1v) is 5.40. The molecule has 0 spiro atoms. The maximum atomic E-state index is 9.81. The summed E-state index contributed by atoms with van der Waals surface area (Å²) in [6.07, 6.45) is -0.634. The minimum atomic E-state index is -0.634. The molecule has 1 atom stereocenters. The molecular weight excluding hydrogens is 196 g/mol. The zero-order chi connectivity index (χ0) is 11.4. The fraction of sp³-hybridized carbons (Fsp3) is 0.133. The first kappa shape index (κ1) is 10.9. The van der Waals surface area contributed by atoms with Gasteiger partial charge in [0, 0.05) is 5.92 Å². The largest absolute Gasteiger partial charge is 0.392 e. The molecule has 0 aliphatic rings. The zero-order valence-corrected chi connectivity index (χ0v) is 9.08. The van der Waals surface area contributed by atoms with Crippen LogP contribution in [-0.4, -0.2) is 11.2 Å². The standard InChI is InChI=1S/C15H15O/c1-12(16)15(13-8-4-2-5-9-13)14-10-6-3-7-11-14/h2-12,15-16H,1H2. The summed E-state index contributed by atoms with van der Waals surface area (Å²) in [5, 5.41) is 9.81. The summed E-state index contributed by atoms with van der Waals surface area (Å²) < 4.78 is 0. The second-order valence-electron chi connectivity index (χ2n) is 3.87. The van der Waals surface area contributed by atoms with E-state index in [0.29, 0.717) is 0 Å². The number of benzene rings is 2. The van der Waals surface area contributed by atoms with Gasteiger partial charge >= 0.3 is 0 Å². The van der Waals surface area contributed by atoms with Gasteiger partial charge in [0.15, 0.2) is 0 Å². The van der Waals surface area contributed by atoms with E-state index in [-0.39, 0.29) is 5.92 Å². The lowest BCUT2D eigenvalue weighted by Gasteiger charge is -2.20. The number of aliphatic hydroxyl groups excluding tert-OH is 1. The van der Waals surface area contributed by atoms with E-state index in [0.717, 1.165) is 11.1 Å². The molecule has 1 N–H and O–H groups in total. The first-order chi connectivity index (χ1) is 7.79. The van der Waals surface area contributed by atoms with Crippen molar-refractivity contribution in [2.45, 2.75) is 12.0 Å². The van der Waals surface area contributed by atoms with Crippen LogP contribution in [0.3, 0.4) is 0 Å². The Labute approximate surface area is 96.4 Å². The van der Waals surface area contributed by atoms with Gasteiger partial charge in [-0.25, -0.2) is 0 Å². The topological polar surface area (TPSA) is 20.2 Å².